The Balaban J connectivity index is 2.04. The van der Waals surface area contributed by atoms with Crippen LogP contribution in [-0.2, 0) is 0 Å². The lowest BCUT2D eigenvalue weighted by atomic mass is 10.2. The van der Waals surface area contributed by atoms with Crippen molar-refractivity contribution in [2.24, 2.45) is 0 Å². The van der Waals surface area contributed by atoms with Gasteiger partial charge in [0.15, 0.2) is 0 Å². The lowest BCUT2D eigenvalue weighted by Gasteiger charge is -2.13. The Morgan fingerprint density at radius 3 is 2.47 bits per heavy atom. The number of nitrogens with one attached hydrogen (secondary N) is 1. The molecule has 0 amide bonds. The first kappa shape index (κ1) is 10.7. The zero-order chi connectivity index (χ0) is 10.8. The summed E-state index contributed by atoms with van der Waals surface area (Å²) in [5.74, 6) is -0.0633. The molecule has 1 aromatic rings. The minimum atomic E-state index is -0.531. The summed E-state index contributed by atoms with van der Waals surface area (Å²) in [6, 6.07) is 3.87. The molecule has 1 N–H and O–H groups in total. The van der Waals surface area contributed by atoms with Crippen LogP contribution in [0.25, 0.3) is 0 Å². The van der Waals surface area contributed by atoms with Crippen LogP contribution in [0.3, 0.4) is 0 Å². The van der Waals surface area contributed by atoms with Crippen molar-refractivity contribution in [1.29, 1.82) is 0 Å². The molecule has 82 valence electrons. The molecule has 1 fully saturated rings. The highest BCUT2D eigenvalue weighted by atomic mass is 32.2. The summed E-state index contributed by atoms with van der Waals surface area (Å²) in [6.07, 6.45) is 1.04. The third kappa shape index (κ3) is 2.84. The van der Waals surface area contributed by atoms with E-state index >= 15 is 0 Å². The third-order valence-corrected chi connectivity index (χ3v) is 3.79. The fraction of sp³-hybridized carbons (Fsp3) is 0.455. The SMILES string of the molecule is CC1CC(Nc2cc(F)cc(F)c2)CS1. The summed E-state index contributed by atoms with van der Waals surface area (Å²) in [5, 5.41) is 3.78. The van der Waals surface area contributed by atoms with E-state index in [-0.39, 0.29) is 0 Å². The average molecular weight is 229 g/mol. The second-order valence-corrected chi connectivity index (χ2v) is 5.35. The topological polar surface area (TPSA) is 12.0 Å². The van der Waals surface area contributed by atoms with E-state index in [1.165, 1.54) is 12.1 Å². The van der Waals surface area contributed by atoms with Gasteiger partial charge in [-0.05, 0) is 18.6 Å². The molecule has 1 heterocycles. The molecule has 0 radical (unpaired) electrons. The number of halogens is 2. The van der Waals surface area contributed by atoms with Gasteiger partial charge in [-0.2, -0.15) is 11.8 Å². The van der Waals surface area contributed by atoms with Crippen molar-refractivity contribution in [1.82, 2.24) is 0 Å². The van der Waals surface area contributed by atoms with E-state index in [2.05, 4.69) is 12.2 Å². The van der Waals surface area contributed by atoms with E-state index in [0.29, 0.717) is 17.0 Å². The first-order valence-corrected chi connectivity index (χ1v) is 6.02. The Bertz CT molecular complexity index is 336. The van der Waals surface area contributed by atoms with Gasteiger partial charge < -0.3 is 5.32 Å². The zero-order valence-corrected chi connectivity index (χ0v) is 9.28. The van der Waals surface area contributed by atoms with E-state index in [4.69, 9.17) is 0 Å². The maximum absolute atomic E-state index is 12.9. The molecule has 1 saturated heterocycles. The van der Waals surface area contributed by atoms with Gasteiger partial charge in [0.05, 0.1) is 0 Å². The predicted molar refractivity (Wildman–Crippen MR) is 60.3 cm³/mol. The Morgan fingerprint density at radius 1 is 1.27 bits per heavy atom. The lowest BCUT2D eigenvalue weighted by molar-refractivity contribution is 0.583. The third-order valence-electron chi connectivity index (χ3n) is 2.43. The standard InChI is InChI=1S/C11H13F2NS/c1-7-2-11(6-15-7)14-10-4-8(12)3-9(13)5-10/h3-5,7,11,14H,2,6H2,1H3. The Labute approximate surface area is 92.3 Å². The highest BCUT2D eigenvalue weighted by molar-refractivity contribution is 8.00. The lowest BCUT2D eigenvalue weighted by Crippen LogP contribution is -2.19. The van der Waals surface area contributed by atoms with Crippen LogP contribution >= 0.6 is 11.8 Å². The highest BCUT2D eigenvalue weighted by Crippen LogP contribution is 2.28. The Morgan fingerprint density at radius 2 is 1.93 bits per heavy atom. The van der Waals surface area contributed by atoms with Crippen LogP contribution < -0.4 is 5.32 Å². The van der Waals surface area contributed by atoms with Gasteiger partial charge in [0.25, 0.3) is 0 Å². The summed E-state index contributed by atoms with van der Waals surface area (Å²) in [6.45, 7) is 2.17. The van der Waals surface area contributed by atoms with Crippen molar-refractivity contribution in [3.05, 3.63) is 29.8 Å². The summed E-state index contributed by atoms with van der Waals surface area (Å²) in [4.78, 5) is 0. The van der Waals surface area contributed by atoms with Crippen molar-refractivity contribution < 1.29 is 8.78 Å². The van der Waals surface area contributed by atoms with E-state index in [9.17, 15) is 8.78 Å². The summed E-state index contributed by atoms with van der Waals surface area (Å²) in [5.41, 5.74) is 0.534. The molecule has 0 aromatic heterocycles. The van der Waals surface area contributed by atoms with Crippen molar-refractivity contribution in [2.45, 2.75) is 24.6 Å². The number of hydrogen-bond donors (Lipinski definition) is 1. The second-order valence-electron chi connectivity index (χ2n) is 3.88. The van der Waals surface area contributed by atoms with Gasteiger partial charge in [0, 0.05) is 28.8 Å². The molecule has 2 rings (SSSR count). The number of benzene rings is 1. The number of rotatable bonds is 2. The van der Waals surface area contributed by atoms with Crippen LogP contribution in [0, 0.1) is 11.6 Å². The molecule has 0 aliphatic carbocycles. The van der Waals surface area contributed by atoms with Crippen LogP contribution in [0.15, 0.2) is 18.2 Å². The van der Waals surface area contributed by atoms with E-state index in [1.54, 1.807) is 0 Å². The van der Waals surface area contributed by atoms with E-state index in [0.717, 1.165) is 18.2 Å². The number of hydrogen-bond acceptors (Lipinski definition) is 2. The van der Waals surface area contributed by atoms with Gasteiger partial charge >= 0.3 is 0 Å². The van der Waals surface area contributed by atoms with Crippen molar-refractivity contribution >= 4 is 17.4 Å². The van der Waals surface area contributed by atoms with Gasteiger partial charge in [0.1, 0.15) is 11.6 Å². The van der Waals surface area contributed by atoms with Crippen LogP contribution in [0.2, 0.25) is 0 Å². The van der Waals surface area contributed by atoms with Gasteiger partial charge in [-0.15, -0.1) is 0 Å². The predicted octanol–water partition coefficient (Wildman–Crippen LogP) is 3.27. The average Bonchev–Trinajstić information content (AvgIpc) is 2.49. The molecule has 1 nitrogen and oxygen atoms in total. The largest absolute Gasteiger partial charge is 0.381 e. The molecular weight excluding hydrogens is 216 g/mol. The number of thioether (sulfide) groups is 1. The van der Waals surface area contributed by atoms with Gasteiger partial charge in [-0.25, -0.2) is 8.78 Å². The highest BCUT2D eigenvalue weighted by Gasteiger charge is 2.21. The molecule has 4 heteroatoms. The maximum atomic E-state index is 12.9. The fourth-order valence-electron chi connectivity index (χ4n) is 1.79. The van der Waals surface area contributed by atoms with Gasteiger partial charge in [-0.3, -0.25) is 0 Å². The molecular formula is C11H13F2NS. The van der Waals surface area contributed by atoms with Crippen molar-refractivity contribution in [3.63, 3.8) is 0 Å². The second kappa shape index (κ2) is 4.39. The zero-order valence-electron chi connectivity index (χ0n) is 8.47. The molecule has 2 atom stereocenters. The van der Waals surface area contributed by atoms with Crippen molar-refractivity contribution in [3.8, 4) is 0 Å². The quantitative estimate of drug-likeness (QED) is 0.835. The fourth-order valence-corrected chi connectivity index (χ4v) is 2.94. The number of anilines is 1. The van der Waals surface area contributed by atoms with E-state index < -0.39 is 11.6 Å². The van der Waals surface area contributed by atoms with Crippen LogP contribution in [-0.4, -0.2) is 17.0 Å². The summed E-state index contributed by atoms with van der Waals surface area (Å²) < 4.78 is 25.8. The molecule has 0 bridgehead atoms. The van der Waals surface area contributed by atoms with Crippen LogP contribution in [0.4, 0.5) is 14.5 Å². The molecule has 0 spiro atoms. The molecule has 1 aromatic carbocycles. The van der Waals surface area contributed by atoms with Crippen LogP contribution in [0.5, 0.6) is 0 Å². The van der Waals surface area contributed by atoms with E-state index in [1.807, 2.05) is 11.8 Å². The molecule has 15 heavy (non-hydrogen) atoms. The monoisotopic (exact) mass is 229 g/mol. The molecule has 1 aliphatic rings. The first-order valence-electron chi connectivity index (χ1n) is 4.98. The van der Waals surface area contributed by atoms with Crippen molar-refractivity contribution in [2.75, 3.05) is 11.1 Å². The van der Waals surface area contributed by atoms with Crippen LogP contribution in [0.1, 0.15) is 13.3 Å². The Kier molecular flexibility index (Phi) is 3.14. The first-order chi connectivity index (χ1) is 7.13. The maximum Gasteiger partial charge on any atom is 0.128 e. The summed E-state index contributed by atoms with van der Waals surface area (Å²) in [7, 11) is 0. The van der Waals surface area contributed by atoms with Gasteiger partial charge in [0.2, 0.25) is 0 Å². The Hall–Kier alpha value is -0.770. The van der Waals surface area contributed by atoms with Gasteiger partial charge in [-0.1, -0.05) is 6.92 Å². The normalized spacial score (nSPS) is 25.5. The minimum Gasteiger partial charge on any atom is -0.381 e. The summed E-state index contributed by atoms with van der Waals surface area (Å²) >= 11 is 1.88. The smallest absolute Gasteiger partial charge is 0.128 e. The molecule has 1 aliphatic heterocycles. The molecule has 0 saturated carbocycles. The molecule has 2 unspecified atom stereocenters. The minimum absolute atomic E-state index is 0.325.